The maximum absolute atomic E-state index is 11.6. The van der Waals surface area contributed by atoms with Crippen molar-refractivity contribution in [2.75, 3.05) is 7.11 Å². The number of hydrogen-bond donors (Lipinski definition) is 1. The van der Waals surface area contributed by atoms with Gasteiger partial charge in [0.15, 0.2) is 0 Å². The third-order valence-electron chi connectivity index (χ3n) is 6.48. The summed E-state index contributed by atoms with van der Waals surface area (Å²) in [5.41, 5.74) is 0.843. The SMILES string of the molecule is COC(=O)c1ccc([C@]2(O)[C@@H]3C[C@@]2(C)CC[C@H]3C(C)(C)C)cc1. The highest BCUT2D eigenvalue weighted by Gasteiger charge is 2.68. The Labute approximate surface area is 139 Å². The van der Waals surface area contributed by atoms with E-state index in [0.29, 0.717) is 17.4 Å². The molecule has 3 nitrogen and oxygen atoms in total. The quantitative estimate of drug-likeness (QED) is 0.834. The number of rotatable bonds is 2. The molecule has 2 aliphatic carbocycles. The Balaban J connectivity index is 1.95. The first-order valence-electron chi connectivity index (χ1n) is 8.55. The number of carbonyl (C=O) groups is 1. The van der Waals surface area contributed by atoms with Crippen molar-refractivity contribution in [2.45, 2.75) is 52.6 Å². The topological polar surface area (TPSA) is 46.5 Å². The Morgan fingerprint density at radius 3 is 2.35 bits per heavy atom. The van der Waals surface area contributed by atoms with Crippen LogP contribution in [0.2, 0.25) is 0 Å². The molecule has 2 bridgehead atoms. The van der Waals surface area contributed by atoms with Crippen LogP contribution in [0.15, 0.2) is 24.3 Å². The summed E-state index contributed by atoms with van der Waals surface area (Å²) >= 11 is 0. The largest absolute Gasteiger partial charge is 0.465 e. The van der Waals surface area contributed by atoms with Crippen molar-refractivity contribution in [1.82, 2.24) is 0 Å². The second-order valence-electron chi connectivity index (χ2n) is 8.72. The third kappa shape index (κ3) is 2.24. The number of benzene rings is 1. The van der Waals surface area contributed by atoms with Gasteiger partial charge in [0.1, 0.15) is 0 Å². The first kappa shape index (κ1) is 16.5. The van der Waals surface area contributed by atoms with E-state index in [1.165, 1.54) is 13.5 Å². The molecule has 0 saturated heterocycles. The van der Waals surface area contributed by atoms with Crippen molar-refractivity contribution in [3.05, 3.63) is 35.4 Å². The highest BCUT2D eigenvalue weighted by atomic mass is 16.5. The minimum Gasteiger partial charge on any atom is -0.465 e. The van der Waals surface area contributed by atoms with E-state index in [1.807, 2.05) is 12.1 Å². The van der Waals surface area contributed by atoms with Crippen LogP contribution in [0.1, 0.15) is 62.9 Å². The van der Waals surface area contributed by atoms with Gasteiger partial charge in [0.05, 0.1) is 18.3 Å². The van der Waals surface area contributed by atoms with Crippen LogP contribution in [0, 0.1) is 22.7 Å². The molecule has 1 aromatic rings. The van der Waals surface area contributed by atoms with Gasteiger partial charge >= 0.3 is 5.97 Å². The van der Waals surface area contributed by atoms with E-state index >= 15 is 0 Å². The van der Waals surface area contributed by atoms with E-state index in [1.54, 1.807) is 12.1 Å². The molecular weight excluding hydrogens is 288 g/mol. The first-order valence-corrected chi connectivity index (χ1v) is 8.55. The minimum absolute atomic E-state index is 0.0494. The molecular formula is C20H28O3. The number of carbonyl (C=O) groups excluding carboxylic acids is 1. The molecule has 23 heavy (non-hydrogen) atoms. The number of fused-ring (bicyclic) bond motifs is 2. The van der Waals surface area contributed by atoms with Crippen LogP contribution < -0.4 is 0 Å². The van der Waals surface area contributed by atoms with Gasteiger partial charge in [-0.3, -0.25) is 0 Å². The van der Waals surface area contributed by atoms with Gasteiger partial charge in [-0.05, 0) is 54.2 Å². The fourth-order valence-corrected chi connectivity index (χ4v) is 5.08. The molecule has 3 rings (SSSR count). The summed E-state index contributed by atoms with van der Waals surface area (Å²) in [7, 11) is 1.38. The van der Waals surface area contributed by atoms with Crippen molar-refractivity contribution in [2.24, 2.45) is 22.7 Å². The molecule has 2 fully saturated rings. The molecule has 2 saturated carbocycles. The zero-order valence-corrected chi connectivity index (χ0v) is 14.8. The van der Waals surface area contributed by atoms with Gasteiger partial charge in [0.2, 0.25) is 0 Å². The second-order valence-corrected chi connectivity index (χ2v) is 8.72. The Morgan fingerprint density at radius 2 is 1.87 bits per heavy atom. The van der Waals surface area contributed by atoms with E-state index in [9.17, 15) is 9.90 Å². The average Bonchev–Trinajstić information content (AvgIpc) is 2.52. The number of esters is 1. The lowest BCUT2D eigenvalue weighted by atomic mass is 9.38. The normalized spacial score (nSPS) is 36.3. The summed E-state index contributed by atoms with van der Waals surface area (Å²) in [6.45, 7) is 9.04. The van der Waals surface area contributed by atoms with Crippen LogP contribution in [0.25, 0.3) is 0 Å². The maximum Gasteiger partial charge on any atom is 0.337 e. The lowest BCUT2D eigenvalue weighted by Crippen LogP contribution is -2.67. The fourth-order valence-electron chi connectivity index (χ4n) is 5.08. The van der Waals surface area contributed by atoms with Gasteiger partial charge in [-0.15, -0.1) is 0 Å². The minimum atomic E-state index is -0.780. The fraction of sp³-hybridized carbons (Fsp3) is 0.650. The van der Waals surface area contributed by atoms with E-state index < -0.39 is 5.60 Å². The van der Waals surface area contributed by atoms with Crippen molar-refractivity contribution >= 4 is 5.97 Å². The summed E-state index contributed by atoms with van der Waals surface area (Å²) < 4.78 is 4.76. The molecule has 0 heterocycles. The molecule has 126 valence electrons. The molecule has 1 N–H and O–H groups in total. The summed E-state index contributed by atoms with van der Waals surface area (Å²) in [6, 6.07) is 7.34. The second kappa shape index (κ2) is 5.07. The average molecular weight is 316 g/mol. The standard InChI is InChI=1S/C20H28O3/c1-18(2,3)15-10-11-19(4)12-16(15)20(19,22)14-8-6-13(7-9-14)17(21)23-5/h6-9,15-16,22H,10-12H2,1-5H3/t15-,16-,19-,20+/m1/s1. The van der Waals surface area contributed by atoms with E-state index in [4.69, 9.17) is 4.74 Å². The Hall–Kier alpha value is -1.35. The first-order chi connectivity index (χ1) is 10.6. The Bertz CT molecular complexity index is 609. The van der Waals surface area contributed by atoms with Crippen molar-refractivity contribution in [3.8, 4) is 0 Å². The van der Waals surface area contributed by atoms with Crippen LogP contribution in [0.4, 0.5) is 0 Å². The third-order valence-corrected chi connectivity index (χ3v) is 6.48. The monoisotopic (exact) mass is 316 g/mol. The van der Waals surface area contributed by atoms with Crippen molar-refractivity contribution in [1.29, 1.82) is 0 Å². The smallest absolute Gasteiger partial charge is 0.337 e. The van der Waals surface area contributed by atoms with Gasteiger partial charge in [0, 0.05) is 5.41 Å². The van der Waals surface area contributed by atoms with Crippen molar-refractivity contribution in [3.63, 3.8) is 0 Å². The summed E-state index contributed by atoms with van der Waals surface area (Å²) in [5.74, 6) is 0.482. The lowest BCUT2D eigenvalue weighted by Gasteiger charge is -2.68. The highest BCUT2D eigenvalue weighted by Crippen LogP contribution is 2.70. The van der Waals surface area contributed by atoms with Crippen molar-refractivity contribution < 1.29 is 14.6 Å². The molecule has 4 atom stereocenters. The van der Waals surface area contributed by atoms with Crippen LogP contribution in [-0.2, 0) is 10.3 Å². The van der Waals surface area contributed by atoms with E-state index in [2.05, 4.69) is 27.7 Å². The zero-order valence-electron chi connectivity index (χ0n) is 14.8. The Morgan fingerprint density at radius 1 is 1.26 bits per heavy atom. The number of aliphatic hydroxyl groups is 1. The molecule has 0 spiro atoms. The number of hydrogen-bond acceptors (Lipinski definition) is 3. The molecule has 0 unspecified atom stereocenters. The summed E-state index contributed by atoms with van der Waals surface area (Å²) in [5, 5.41) is 11.6. The molecule has 0 aliphatic heterocycles. The maximum atomic E-state index is 11.6. The van der Waals surface area contributed by atoms with Gasteiger partial charge in [0.25, 0.3) is 0 Å². The number of methoxy groups -OCH3 is 1. The van der Waals surface area contributed by atoms with Gasteiger partial charge in [-0.25, -0.2) is 4.79 Å². The molecule has 0 aromatic heterocycles. The van der Waals surface area contributed by atoms with Crippen LogP contribution >= 0.6 is 0 Å². The van der Waals surface area contributed by atoms with E-state index in [0.717, 1.165) is 18.4 Å². The molecule has 2 aliphatic rings. The van der Waals surface area contributed by atoms with Crippen LogP contribution in [-0.4, -0.2) is 18.2 Å². The van der Waals surface area contributed by atoms with Gasteiger partial charge in [-0.2, -0.15) is 0 Å². The number of ether oxygens (including phenoxy) is 1. The summed E-state index contributed by atoms with van der Waals surface area (Å²) in [6.07, 6.45) is 3.33. The molecule has 1 aromatic carbocycles. The van der Waals surface area contributed by atoms with Gasteiger partial charge in [-0.1, -0.05) is 39.8 Å². The molecule has 0 radical (unpaired) electrons. The zero-order chi connectivity index (χ0) is 17.0. The molecule has 3 heteroatoms. The molecule has 0 amide bonds. The van der Waals surface area contributed by atoms with Crippen LogP contribution in [0.3, 0.4) is 0 Å². The highest BCUT2D eigenvalue weighted by molar-refractivity contribution is 5.89. The lowest BCUT2D eigenvalue weighted by molar-refractivity contribution is -0.277. The van der Waals surface area contributed by atoms with E-state index in [-0.39, 0.29) is 16.8 Å². The Kier molecular flexibility index (Phi) is 3.64. The predicted molar refractivity (Wildman–Crippen MR) is 90.1 cm³/mol. The van der Waals surface area contributed by atoms with Gasteiger partial charge < -0.3 is 9.84 Å². The summed E-state index contributed by atoms with van der Waals surface area (Å²) in [4.78, 5) is 11.6. The predicted octanol–water partition coefficient (Wildman–Crippen LogP) is 4.14. The van der Waals surface area contributed by atoms with Crippen LogP contribution in [0.5, 0.6) is 0 Å².